The lowest BCUT2D eigenvalue weighted by molar-refractivity contribution is 0.0927. The second kappa shape index (κ2) is 11.7. The van der Waals surface area contributed by atoms with Gasteiger partial charge < -0.3 is 25.8 Å². The van der Waals surface area contributed by atoms with Crippen LogP contribution in [0, 0.1) is 5.92 Å². The Morgan fingerprint density at radius 2 is 2.00 bits per heavy atom. The Morgan fingerprint density at radius 3 is 2.64 bits per heavy atom. The first-order chi connectivity index (χ1) is 12.7. The average Bonchev–Trinajstić information content (AvgIpc) is 3.07. The number of ether oxygens (including phenoxy) is 1. The Labute approximate surface area is 177 Å². The third kappa shape index (κ3) is 6.24. The second-order valence-electron chi connectivity index (χ2n) is 6.18. The number of pyridine rings is 1. The number of β-amino-alcohol motifs (C(OH)–C–C–N with tert-alkyl or cyclic N) is 1. The van der Waals surface area contributed by atoms with Gasteiger partial charge in [0.2, 0.25) is 0 Å². The molecule has 1 aliphatic rings. The average molecular weight is 429 g/mol. The van der Waals surface area contributed by atoms with Gasteiger partial charge in [0.25, 0.3) is 5.91 Å². The van der Waals surface area contributed by atoms with Gasteiger partial charge in [0.15, 0.2) is 0 Å². The Hall–Kier alpha value is -2.06. The lowest BCUT2D eigenvalue weighted by atomic mass is 10.1. The molecule has 28 heavy (non-hydrogen) atoms. The molecule has 7 nitrogen and oxygen atoms in total. The molecule has 0 aliphatic carbocycles. The fourth-order valence-electron chi connectivity index (χ4n) is 2.87. The maximum absolute atomic E-state index is 12.5. The number of nitrogens with zero attached hydrogens (tertiary/aromatic N) is 1. The summed E-state index contributed by atoms with van der Waals surface area (Å²) in [4.78, 5) is 16.8. The van der Waals surface area contributed by atoms with Gasteiger partial charge in [0.1, 0.15) is 11.6 Å². The number of aliphatic hydroxyl groups is 1. The summed E-state index contributed by atoms with van der Waals surface area (Å²) in [6.07, 6.45) is 1.21. The van der Waals surface area contributed by atoms with Crippen LogP contribution in [0.4, 0.5) is 11.5 Å². The molecule has 1 aromatic carbocycles. The standard InChI is InChI=1S/C19H24N4O3.2ClH/c1-2-26-15-7-5-14(6-8-15)23-18-16(4-3-9-21-18)19(25)22-11-13-10-20-12-17(13)24;;/h3-9,13,17,20,24H,2,10-12H2,1H3,(H,21,23)(H,22,25);2*1H. The number of rotatable bonds is 7. The second-order valence-corrected chi connectivity index (χ2v) is 6.18. The molecule has 0 bridgehead atoms. The van der Waals surface area contributed by atoms with Crippen LogP contribution in [0.25, 0.3) is 0 Å². The minimum Gasteiger partial charge on any atom is -0.494 e. The highest BCUT2D eigenvalue weighted by Gasteiger charge is 2.25. The zero-order chi connectivity index (χ0) is 18.4. The zero-order valence-electron chi connectivity index (χ0n) is 15.6. The number of amides is 1. The summed E-state index contributed by atoms with van der Waals surface area (Å²) in [7, 11) is 0. The Kier molecular flexibility index (Phi) is 10.0. The molecular formula is C19H26Cl2N4O3. The lowest BCUT2D eigenvalue weighted by Crippen LogP contribution is -2.34. The Bertz CT molecular complexity index is 746. The number of benzene rings is 1. The third-order valence-electron chi connectivity index (χ3n) is 4.31. The van der Waals surface area contributed by atoms with E-state index in [1.54, 1.807) is 18.3 Å². The molecule has 1 aromatic heterocycles. The van der Waals surface area contributed by atoms with Gasteiger partial charge in [-0.25, -0.2) is 4.98 Å². The van der Waals surface area contributed by atoms with Crippen LogP contribution >= 0.6 is 24.8 Å². The van der Waals surface area contributed by atoms with Gasteiger partial charge >= 0.3 is 0 Å². The molecule has 0 saturated carbocycles. The van der Waals surface area contributed by atoms with Crippen LogP contribution in [0.1, 0.15) is 17.3 Å². The van der Waals surface area contributed by atoms with Crippen molar-refractivity contribution in [3.63, 3.8) is 0 Å². The van der Waals surface area contributed by atoms with E-state index >= 15 is 0 Å². The van der Waals surface area contributed by atoms with Crippen molar-refractivity contribution in [2.24, 2.45) is 5.92 Å². The van der Waals surface area contributed by atoms with E-state index in [-0.39, 0.29) is 36.6 Å². The normalized spacial score (nSPS) is 17.8. The number of hydrogen-bond donors (Lipinski definition) is 4. The van der Waals surface area contributed by atoms with E-state index in [1.807, 2.05) is 31.2 Å². The molecule has 2 heterocycles. The van der Waals surface area contributed by atoms with Crippen LogP contribution in [0.2, 0.25) is 0 Å². The first-order valence-corrected chi connectivity index (χ1v) is 8.79. The molecule has 1 aliphatic heterocycles. The highest BCUT2D eigenvalue weighted by atomic mass is 35.5. The SMILES string of the molecule is CCOc1ccc(Nc2ncccc2C(=O)NCC2CNCC2O)cc1.Cl.Cl. The number of carbonyl (C=O) groups is 1. The van der Waals surface area contributed by atoms with Crippen LogP contribution in [0.3, 0.4) is 0 Å². The van der Waals surface area contributed by atoms with Gasteiger partial charge in [0, 0.05) is 37.4 Å². The lowest BCUT2D eigenvalue weighted by Gasteiger charge is -2.15. The molecule has 9 heteroatoms. The van der Waals surface area contributed by atoms with E-state index < -0.39 is 6.10 Å². The minimum atomic E-state index is -0.425. The number of nitrogens with one attached hydrogen (secondary N) is 3. The molecule has 2 aromatic rings. The fraction of sp³-hybridized carbons (Fsp3) is 0.368. The van der Waals surface area contributed by atoms with Crippen molar-refractivity contribution in [2.75, 3.05) is 31.6 Å². The quantitative estimate of drug-likeness (QED) is 0.540. The number of anilines is 2. The van der Waals surface area contributed by atoms with Gasteiger partial charge in [-0.3, -0.25) is 4.79 Å². The summed E-state index contributed by atoms with van der Waals surface area (Å²) < 4.78 is 5.43. The van der Waals surface area contributed by atoms with E-state index in [0.717, 1.165) is 11.4 Å². The summed E-state index contributed by atoms with van der Waals surface area (Å²) in [6.45, 7) is 4.24. The smallest absolute Gasteiger partial charge is 0.255 e. The number of hydrogen-bond acceptors (Lipinski definition) is 6. The molecule has 1 fully saturated rings. The summed E-state index contributed by atoms with van der Waals surface area (Å²) >= 11 is 0. The van der Waals surface area contributed by atoms with E-state index in [2.05, 4.69) is 20.9 Å². The summed E-state index contributed by atoms with van der Waals surface area (Å²) in [6, 6.07) is 10.9. The van der Waals surface area contributed by atoms with Crippen molar-refractivity contribution < 1.29 is 14.6 Å². The number of aliphatic hydroxyl groups excluding tert-OH is 1. The number of halogens is 2. The molecule has 4 N–H and O–H groups in total. The topological polar surface area (TPSA) is 95.5 Å². The molecule has 154 valence electrons. The predicted molar refractivity (Wildman–Crippen MR) is 114 cm³/mol. The maximum atomic E-state index is 12.5. The molecule has 0 radical (unpaired) electrons. The largest absolute Gasteiger partial charge is 0.494 e. The molecule has 2 unspecified atom stereocenters. The highest BCUT2D eigenvalue weighted by molar-refractivity contribution is 5.99. The zero-order valence-corrected chi connectivity index (χ0v) is 17.2. The van der Waals surface area contributed by atoms with Gasteiger partial charge in [-0.05, 0) is 43.3 Å². The third-order valence-corrected chi connectivity index (χ3v) is 4.31. The minimum absolute atomic E-state index is 0. The molecule has 2 atom stereocenters. The number of carbonyl (C=O) groups excluding carboxylic acids is 1. The Morgan fingerprint density at radius 1 is 1.25 bits per heavy atom. The molecule has 1 saturated heterocycles. The van der Waals surface area contributed by atoms with Crippen molar-refractivity contribution in [3.8, 4) is 5.75 Å². The van der Waals surface area contributed by atoms with Crippen molar-refractivity contribution in [1.29, 1.82) is 0 Å². The van der Waals surface area contributed by atoms with Crippen molar-refractivity contribution in [1.82, 2.24) is 15.6 Å². The van der Waals surface area contributed by atoms with Gasteiger partial charge in [0.05, 0.1) is 18.3 Å². The molecule has 0 spiro atoms. The van der Waals surface area contributed by atoms with E-state index in [9.17, 15) is 9.90 Å². The van der Waals surface area contributed by atoms with Crippen molar-refractivity contribution in [3.05, 3.63) is 48.2 Å². The van der Waals surface area contributed by atoms with E-state index in [0.29, 0.717) is 37.6 Å². The number of aromatic nitrogens is 1. The monoisotopic (exact) mass is 428 g/mol. The highest BCUT2D eigenvalue weighted by Crippen LogP contribution is 2.21. The van der Waals surface area contributed by atoms with Gasteiger partial charge in [-0.2, -0.15) is 0 Å². The van der Waals surface area contributed by atoms with Gasteiger partial charge in [-0.15, -0.1) is 24.8 Å². The molecular weight excluding hydrogens is 403 g/mol. The first kappa shape index (κ1) is 24.0. The summed E-state index contributed by atoms with van der Waals surface area (Å²) in [5.41, 5.74) is 1.28. The fourth-order valence-corrected chi connectivity index (χ4v) is 2.87. The first-order valence-electron chi connectivity index (χ1n) is 8.79. The molecule has 1 amide bonds. The Balaban J connectivity index is 0.00000196. The van der Waals surface area contributed by atoms with Crippen LogP contribution < -0.4 is 20.7 Å². The maximum Gasteiger partial charge on any atom is 0.255 e. The van der Waals surface area contributed by atoms with Crippen LogP contribution in [0.15, 0.2) is 42.6 Å². The predicted octanol–water partition coefficient (Wildman–Crippen LogP) is 2.38. The summed E-state index contributed by atoms with van der Waals surface area (Å²) in [5, 5.41) is 19.0. The van der Waals surface area contributed by atoms with E-state index in [1.165, 1.54) is 0 Å². The van der Waals surface area contributed by atoms with Crippen molar-refractivity contribution >= 4 is 42.2 Å². The van der Waals surface area contributed by atoms with Crippen LogP contribution in [0.5, 0.6) is 5.75 Å². The van der Waals surface area contributed by atoms with Crippen LogP contribution in [-0.4, -0.2) is 48.3 Å². The van der Waals surface area contributed by atoms with Crippen LogP contribution in [-0.2, 0) is 0 Å². The molecule has 3 rings (SSSR count). The van der Waals surface area contributed by atoms with E-state index in [4.69, 9.17) is 4.74 Å². The van der Waals surface area contributed by atoms with Gasteiger partial charge in [-0.1, -0.05) is 0 Å². The summed E-state index contributed by atoms with van der Waals surface area (Å²) in [5.74, 6) is 1.09. The van der Waals surface area contributed by atoms with Crippen molar-refractivity contribution in [2.45, 2.75) is 13.0 Å².